The number of hydrogen-bond acceptors (Lipinski definition) is 3. The molecule has 23 heavy (non-hydrogen) atoms. The van der Waals surface area contributed by atoms with E-state index in [0.717, 1.165) is 25.9 Å². The average Bonchev–Trinajstić information content (AvgIpc) is 2.83. The highest BCUT2D eigenvalue weighted by atomic mass is 35.5. The van der Waals surface area contributed by atoms with E-state index in [1.807, 2.05) is 4.90 Å². The van der Waals surface area contributed by atoms with Crippen molar-refractivity contribution in [2.24, 2.45) is 11.7 Å². The van der Waals surface area contributed by atoms with Crippen LogP contribution in [0.4, 0.5) is 5.69 Å². The van der Waals surface area contributed by atoms with Crippen LogP contribution >= 0.6 is 12.4 Å². The molecule has 6 heteroatoms. The maximum atomic E-state index is 12.5. The SMILES string of the molecule is CC(CN)C(=O)Nc1ccc(C(=O)N2CCCCCC2)cc1.Cl. The molecule has 1 aromatic carbocycles. The Balaban J connectivity index is 0.00000264. The second kappa shape index (κ2) is 9.53. The van der Waals surface area contributed by atoms with Gasteiger partial charge in [0.05, 0.1) is 0 Å². The van der Waals surface area contributed by atoms with Gasteiger partial charge in [-0.2, -0.15) is 0 Å². The van der Waals surface area contributed by atoms with Crippen molar-refractivity contribution in [2.45, 2.75) is 32.6 Å². The molecule has 1 unspecified atom stereocenters. The first-order chi connectivity index (χ1) is 10.6. The molecule has 1 fully saturated rings. The Morgan fingerprint density at radius 3 is 2.22 bits per heavy atom. The van der Waals surface area contributed by atoms with Gasteiger partial charge in [-0.15, -0.1) is 12.4 Å². The molecule has 0 bridgehead atoms. The molecule has 1 aliphatic rings. The summed E-state index contributed by atoms with van der Waals surface area (Å²) in [4.78, 5) is 26.2. The molecule has 1 aromatic rings. The molecule has 2 amide bonds. The summed E-state index contributed by atoms with van der Waals surface area (Å²) < 4.78 is 0. The average molecular weight is 340 g/mol. The first-order valence-corrected chi connectivity index (χ1v) is 8.02. The molecule has 0 saturated carbocycles. The molecule has 1 aliphatic heterocycles. The fourth-order valence-corrected chi connectivity index (χ4v) is 2.52. The van der Waals surface area contributed by atoms with Gasteiger partial charge >= 0.3 is 0 Å². The van der Waals surface area contributed by atoms with Crippen LogP contribution in [0.3, 0.4) is 0 Å². The van der Waals surface area contributed by atoms with E-state index >= 15 is 0 Å². The molecular weight excluding hydrogens is 314 g/mol. The van der Waals surface area contributed by atoms with Gasteiger partial charge in [0.1, 0.15) is 0 Å². The zero-order valence-electron chi connectivity index (χ0n) is 13.6. The number of likely N-dealkylation sites (tertiary alicyclic amines) is 1. The monoisotopic (exact) mass is 339 g/mol. The van der Waals surface area contributed by atoms with Crippen molar-refractivity contribution in [2.75, 3.05) is 25.0 Å². The number of nitrogens with two attached hydrogens (primary N) is 1. The topological polar surface area (TPSA) is 75.4 Å². The second-order valence-electron chi connectivity index (χ2n) is 5.91. The number of hydrogen-bond donors (Lipinski definition) is 2. The summed E-state index contributed by atoms with van der Waals surface area (Å²) in [5, 5.41) is 2.80. The van der Waals surface area contributed by atoms with Gasteiger partial charge in [0, 0.05) is 36.8 Å². The van der Waals surface area contributed by atoms with Gasteiger partial charge in [0.2, 0.25) is 5.91 Å². The Labute approximate surface area is 144 Å². The highest BCUT2D eigenvalue weighted by Crippen LogP contribution is 2.16. The van der Waals surface area contributed by atoms with Crippen molar-refractivity contribution in [1.29, 1.82) is 0 Å². The zero-order chi connectivity index (χ0) is 15.9. The van der Waals surface area contributed by atoms with E-state index < -0.39 is 0 Å². The van der Waals surface area contributed by atoms with E-state index in [0.29, 0.717) is 17.8 Å². The highest BCUT2D eigenvalue weighted by Gasteiger charge is 2.17. The predicted octanol–water partition coefficient (Wildman–Crippen LogP) is 2.66. The zero-order valence-corrected chi connectivity index (χ0v) is 14.4. The van der Waals surface area contributed by atoms with Crippen molar-refractivity contribution in [3.63, 3.8) is 0 Å². The maximum absolute atomic E-state index is 12.5. The number of rotatable bonds is 4. The van der Waals surface area contributed by atoms with Gasteiger partial charge < -0.3 is 16.0 Å². The van der Waals surface area contributed by atoms with Crippen LogP contribution in [0.15, 0.2) is 24.3 Å². The normalized spacial score (nSPS) is 16.0. The van der Waals surface area contributed by atoms with Crippen LogP contribution < -0.4 is 11.1 Å². The molecular formula is C17H26ClN3O2. The van der Waals surface area contributed by atoms with Crippen LogP contribution in [0.2, 0.25) is 0 Å². The summed E-state index contributed by atoms with van der Waals surface area (Å²) in [7, 11) is 0. The molecule has 1 atom stereocenters. The molecule has 3 N–H and O–H groups in total. The summed E-state index contributed by atoms with van der Waals surface area (Å²) in [5.74, 6) is -0.248. The maximum Gasteiger partial charge on any atom is 0.253 e. The number of halogens is 1. The van der Waals surface area contributed by atoms with Crippen molar-refractivity contribution in [3.8, 4) is 0 Å². The van der Waals surface area contributed by atoms with Crippen molar-refractivity contribution in [1.82, 2.24) is 4.90 Å². The number of anilines is 1. The van der Waals surface area contributed by atoms with E-state index in [9.17, 15) is 9.59 Å². The lowest BCUT2D eigenvalue weighted by Gasteiger charge is -2.20. The first-order valence-electron chi connectivity index (χ1n) is 8.02. The predicted molar refractivity (Wildman–Crippen MR) is 94.9 cm³/mol. The number of nitrogens with zero attached hydrogens (tertiary/aromatic N) is 1. The smallest absolute Gasteiger partial charge is 0.253 e. The summed E-state index contributed by atoms with van der Waals surface area (Å²) in [6.07, 6.45) is 4.57. The molecule has 0 radical (unpaired) electrons. The Hall–Kier alpha value is -1.59. The van der Waals surface area contributed by atoms with Crippen LogP contribution in [-0.2, 0) is 4.79 Å². The van der Waals surface area contributed by atoms with Gasteiger partial charge in [0.25, 0.3) is 5.91 Å². The summed E-state index contributed by atoms with van der Waals surface area (Å²) >= 11 is 0. The first kappa shape index (κ1) is 19.5. The minimum atomic E-state index is -0.224. The van der Waals surface area contributed by atoms with Crippen LogP contribution in [0.5, 0.6) is 0 Å². The van der Waals surface area contributed by atoms with E-state index in [-0.39, 0.29) is 30.1 Å². The van der Waals surface area contributed by atoms with Crippen LogP contribution in [0.25, 0.3) is 0 Å². The largest absolute Gasteiger partial charge is 0.339 e. The molecule has 0 aromatic heterocycles. The third-order valence-electron chi connectivity index (χ3n) is 4.09. The van der Waals surface area contributed by atoms with Gasteiger partial charge in [-0.3, -0.25) is 9.59 Å². The molecule has 0 aliphatic carbocycles. The highest BCUT2D eigenvalue weighted by molar-refractivity contribution is 5.96. The van der Waals surface area contributed by atoms with Gasteiger partial charge in [0.15, 0.2) is 0 Å². The van der Waals surface area contributed by atoms with E-state index in [1.165, 1.54) is 12.8 Å². The van der Waals surface area contributed by atoms with Crippen LogP contribution in [0, 0.1) is 5.92 Å². The van der Waals surface area contributed by atoms with Crippen molar-refractivity contribution >= 4 is 29.9 Å². The van der Waals surface area contributed by atoms with Gasteiger partial charge in [-0.1, -0.05) is 19.8 Å². The fourth-order valence-electron chi connectivity index (χ4n) is 2.52. The number of benzene rings is 1. The van der Waals surface area contributed by atoms with Crippen molar-refractivity contribution in [3.05, 3.63) is 29.8 Å². The minimum Gasteiger partial charge on any atom is -0.339 e. The molecule has 0 spiro atoms. The molecule has 1 heterocycles. The Morgan fingerprint density at radius 2 is 1.70 bits per heavy atom. The molecule has 5 nitrogen and oxygen atoms in total. The molecule has 128 valence electrons. The standard InChI is InChI=1S/C17H25N3O2.ClH/c1-13(12-18)16(21)19-15-8-6-14(7-9-15)17(22)20-10-4-2-3-5-11-20;/h6-9,13H,2-5,10-12,18H2,1H3,(H,19,21);1H. The number of carbonyl (C=O) groups is 2. The summed E-state index contributed by atoms with van der Waals surface area (Å²) in [6.45, 7) is 3.78. The molecule has 1 saturated heterocycles. The lowest BCUT2D eigenvalue weighted by molar-refractivity contribution is -0.119. The second-order valence-corrected chi connectivity index (χ2v) is 5.91. The number of nitrogens with one attached hydrogen (secondary N) is 1. The lowest BCUT2D eigenvalue weighted by Crippen LogP contribution is -2.31. The summed E-state index contributed by atoms with van der Waals surface area (Å²) in [5.41, 5.74) is 6.84. The van der Waals surface area contributed by atoms with Crippen LogP contribution in [-0.4, -0.2) is 36.3 Å². The Bertz CT molecular complexity index is 511. The van der Waals surface area contributed by atoms with Crippen molar-refractivity contribution < 1.29 is 9.59 Å². The summed E-state index contributed by atoms with van der Waals surface area (Å²) in [6, 6.07) is 7.09. The van der Waals surface area contributed by atoms with Gasteiger partial charge in [-0.05, 0) is 37.1 Å². The van der Waals surface area contributed by atoms with E-state index in [2.05, 4.69) is 5.32 Å². The third-order valence-corrected chi connectivity index (χ3v) is 4.09. The molecule has 2 rings (SSSR count). The van der Waals surface area contributed by atoms with Gasteiger partial charge in [-0.25, -0.2) is 0 Å². The fraction of sp³-hybridized carbons (Fsp3) is 0.529. The lowest BCUT2D eigenvalue weighted by atomic mass is 10.1. The number of carbonyl (C=O) groups excluding carboxylic acids is 2. The third kappa shape index (κ3) is 5.52. The quantitative estimate of drug-likeness (QED) is 0.885. The van der Waals surface area contributed by atoms with Crippen LogP contribution in [0.1, 0.15) is 43.0 Å². The van der Waals surface area contributed by atoms with E-state index in [1.54, 1.807) is 31.2 Å². The Morgan fingerprint density at radius 1 is 1.13 bits per heavy atom. The minimum absolute atomic E-state index is 0. The van der Waals surface area contributed by atoms with E-state index in [4.69, 9.17) is 5.73 Å². The number of amides is 2. The Kier molecular flexibility index (Phi) is 8.06.